The molecule has 0 saturated carbocycles. The largest absolute Gasteiger partial charge is 0.491 e. The van der Waals surface area contributed by atoms with Crippen LogP contribution in [0.1, 0.15) is 43.5 Å². The van der Waals surface area contributed by atoms with Gasteiger partial charge in [-0.25, -0.2) is 0 Å². The molecule has 0 spiro atoms. The van der Waals surface area contributed by atoms with Crippen molar-refractivity contribution in [2.75, 3.05) is 7.05 Å². The first-order chi connectivity index (χ1) is 10.2. The SMILES string of the molecule is CCc1ccccc1C(NC)c1ccc(OC(C)C)cc1. The Morgan fingerprint density at radius 3 is 2.24 bits per heavy atom. The quantitative estimate of drug-likeness (QED) is 0.851. The molecule has 0 heterocycles. The van der Waals surface area contributed by atoms with Gasteiger partial charge in [-0.3, -0.25) is 0 Å². The fourth-order valence-corrected chi connectivity index (χ4v) is 2.65. The van der Waals surface area contributed by atoms with Crippen LogP contribution in [0.4, 0.5) is 0 Å². The van der Waals surface area contributed by atoms with E-state index in [2.05, 4.69) is 48.6 Å². The van der Waals surface area contributed by atoms with Crippen LogP contribution in [0.2, 0.25) is 0 Å². The molecule has 0 aromatic heterocycles. The summed E-state index contributed by atoms with van der Waals surface area (Å²) in [5.74, 6) is 0.923. The summed E-state index contributed by atoms with van der Waals surface area (Å²) in [5.41, 5.74) is 3.99. The zero-order chi connectivity index (χ0) is 15.2. The number of nitrogens with one attached hydrogen (secondary N) is 1. The van der Waals surface area contributed by atoms with Crippen LogP contribution in [-0.4, -0.2) is 13.2 Å². The van der Waals surface area contributed by atoms with Gasteiger partial charge in [-0.05, 0) is 56.1 Å². The first kappa shape index (κ1) is 15.6. The molecule has 2 rings (SSSR count). The van der Waals surface area contributed by atoms with E-state index < -0.39 is 0 Å². The van der Waals surface area contributed by atoms with E-state index in [1.54, 1.807) is 0 Å². The Balaban J connectivity index is 2.29. The summed E-state index contributed by atoms with van der Waals surface area (Å²) >= 11 is 0. The van der Waals surface area contributed by atoms with Gasteiger partial charge in [0, 0.05) is 0 Å². The Bertz CT molecular complexity index is 560. The second-order valence-corrected chi connectivity index (χ2v) is 5.51. The van der Waals surface area contributed by atoms with Crippen molar-refractivity contribution in [3.05, 3.63) is 65.2 Å². The number of hydrogen-bond acceptors (Lipinski definition) is 2. The zero-order valence-electron chi connectivity index (χ0n) is 13.4. The van der Waals surface area contributed by atoms with Crippen molar-refractivity contribution in [2.24, 2.45) is 0 Å². The van der Waals surface area contributed by atoms with Crippen LogP contribution in [0.25, 0.3) is 0 Å². The average Bonchev–Trinajstić information content (AvgIpc) is 2.49. The molecule has 0 aliphatic heterocycles. The van der Waals surface area contributed by atoms with Crippen molar-refractivity contribution < 1.29 is 4.74 Å². The van der Waals surface area contributed by atoms with E-state index in [1.165, 1.54) is 16.7 Å². The minimum Gasteiger partial charge on any atom is -0.491 e. The van der Waals surface area contributed by atoms with Crippen LogP contribution in [0.5, 0.6) is 5.75 Å². The van der Waals surface area contributed by atoms with Crippen molar-refractivity contribution in [2.45, 2.75) is 39.3 Å². The van der Waals surface area contributed by atoms with E-state index in [4.69, 9.17) is 4.74 Å². The van der Waals surface area contributed by atoms with E-state index >= 15 is 0 Å². The van der Waals surface area contributed by atoms with Gasteiger partial charge in [0.05, 0.1) is 12.1 Å². The summed E-state index contributed by atoms with van der Waals surface area (Å²) in [6, 6.07) is 17.2. The molecule has 0 bridgehead atoms. The van der Waals surface area contributed by atoms with Crippen LogP contribution in [-0.2, 0) is 6.42 Å². The van der Waals surface area contributed by atoms with Gasteiger partial charge in [0.2, 0.25) is 0 Å². The second kappa shape index (κ2) is 7.28. The molecule has 0 fully saturated rings. The number of rotatable bonds is 6. The average molecular weight is 283 g/mol. The predicted molar refractivity (Wildman–Crippen MR) is 88.9 cm³/mol. The Labute approximate surface area is 128 Å². The standard InChI is InChI=1S/C19H25NO/c1-5-15-8-6-7-9-18(15)19(20-4)16-10-12-17(13-11-16)21-14(2)3/h6-14,19-20H,5H2,1-4H3. The Kier molecular flexibility index (Phi) is 5.40. The topological polar surface area (TPSA) is 21.3 Å². The van der Waals surface area contributed by atoms with E-state index in [0.717, 1.165) is 12.2 Å². The lowest BCUT2D eigenvalue weighted by Gasteiger charge is -2.21. The number of benzene rings is 2. The maximum atomic E-state index is 5.71. The van der Waals surface area contributed by atoms with Gasteiger partial charge in [-0.15, -0.1) is 0 Å². The van der Waals surface area contributed by atoms with Crippen LogP contribution in [0.3, 0.4) is 0 Å². The second-order valence-electron chi connectivity index (χ2n) is 5.51. The third kappa shape index (κ3) is 3.85. The first-order valence-corrected chi connectivity index (χ1v) is 7.67. The molecule has 112 valence electrons. The van der Waals surface area contributed by atoms with E-state index in [0.29, 0.717) is 0 Å². The third-order valence-electron chi connectivity index (χ3n) is 3.62. The van der Waals surface area contributed by atoms with Gasteiger partial charge >= 0.3 is 0 Å². The smallest absolute Gasteiger partial charge is 0.119 e. The van der Waals surface area contributed by atoms with Gasteiger partial charge in [0.25, 0.3) is 0 Å². The summed E-state index contributed by atoms with van der Waals surface area (Å²) in [6.45, 7) is 6.29. The summed E-state index contributed by atoms with van der Waals surface area (Å²) < 4.78 is 5.71. The summed E-state index contributed by atoms with van der Waals surface area (Å²) in [6.07, 6.45) is 1.25. The van der Waals surface area contributed by atoms with Gasteiger partial charge in [-0.2, -0.15) is 0 Å². The molecule has 1 N–H and O–H groups in total. The lowest BCUT2D eigenvalue weighted by Crippen LogP contribution is -2.19. The third-order valence-corrected chi connectivity index (χ3v) is 3.62. The van der Waals surface area contributed by atoms with Crippen molar-refractivity contribution >= 4 is 0 Å². The molecule has 2 aromatic carbocycles. The van der Waals surface area contributed by atoms with Crippen LogP contribution >= 0.6 is 0 Å². The molecule has 0 saturated heterocycles. The molecule has 1 atom stereocenters. The number of ether oxygens (including phenoxy) is 1. The molecule has 0 aliphatic rings. The highest BCUT2D eigenvalue weighted by molar-refractivity contribution is 5.39. The minimum atomic E-state index is 0.205. The molecule has 0 amide bonds. The fraction of sp³-hybridized carbons (Fsp3) is 0.368. The highest BCUT2D eigenvalue weighted by Crippen LogP contribution is 2.27. The van der Waals surface area contributed by atoms with Crippen molar-refractivity contribution in [3.8, 4) is 5.75 Å². The molecule has 2 heteroatoms. The van der Waals surface area contributed by atoms with E-state index in [9.17, 15) is 0 Å². The van der Waals surface area contributed by atoms with Gasteiger partial charge in [-0.1, -0.05) is 43.3 Å². The lowest BCUT2D eigenvalue weighted by atomic mass is 9.93. The molecule has 21 heavy (non-hydrogen) atoms. The summed E-state index contributed by atoms with van der Waals surface area (Å²) in [7, 11) is 2.01. The van der Waals surface area contributed by atoms with E-state index in [-0.39, 0.29) is 12.1 Å². The van der Waals surface area contributed by atoms with Crippen molar-refractivity contribution in [1.82, 2.24) is 5.32 Å². The predicted octanol–water partition coefficient (Wildman–Crippen LogP) is 4.35. The van der Waals surface area contributed by atoms with Crippen molar-refractivity contribution in [3.63, 3.8) is 0 Å². The molecule has 2 nitrogen and oxygen atoms in total. The molecule has 1 unspecified atom stereocenters. The van der Waals surface area contributed by atoms with Gasteiger partial charge in [0.15, 0.2) is 0 Å². The van der Waals surface area contributed by atoms with Gasteiger partial charge in [0.1, 0.15) is 5.75 Å². The van der Waals surface area contributed by atoms with Crippen LogP contribution < -0.4 is 10.1 Å². The highest BCUT2D eigenvalue weighted by atomic mass is 16.5. The van der Waals surface area contributed by atoms with Gasteiger partial charge < -0.3 is 10.1 Å². The molecule has 0 aliphatic carbocycles. The van der Waals surface area contributed by atoms with E-state index in [1.807, 2.05) is 33.0 Å². The molecule has 2 aromatic rings. The fourth-order valence-electron chi connectivity index (χ4n) is 2.65. The van der Waals surface area contributed by atoms with Crippen LogP contribution in [0.15, 0.2) is 48.5 Å². The summed E-state index contributed by atoms with van der Waals surface area (Å²) in [5, 5.41) is 3.43. The Morgan fingerprint density at radius 2 is 1.67 bits per heavy atom. The van der Waals surface area contributed by atoms with Crippen molar-refractivity contribution in [1.29, 1.82) is 0 Å². The number of hydrogen-bond donors (Lipinski definition) is 1. The molecular formula is C19H25NO. The minimum absolute atomic E-state index is 0.205. The zero-order valence-corrected chi connectivity index (χ0v) is 13.4. The Morgan fingerprint density at radius 1 is 1.00 bits per heavy atom. The lowest BCUT2D eigenvalue weighted by molar-refractivity contribution is 0.242. The normalized spacial score (nSPS) is 12.4. The molecular weight excluding hydrogens is 258 g/mol. The monoisotopic (exact) mass is 283 g/mol. The Hall–Kier alpha value is -1.80. The maximum absolute atomic E-state index is 5.71. The summed E-state index contributed by atoms with van der Waals surface area (Å²) in [4.78, 5) is 0. The number of aryl methyl sites for hydroxylation is 1. The first-order valence-electron chi connectivity index (χ1n) is 7.67. The molecule has 0 radical (unpaired) electrons. The maximum Gasteiger partial charge on any atom is 0.119 e. The van der Waals surface area contributed by atoms with Crippen LogP contribution in [0, 0.1) is 0 Å². The highest BCUT2D eigenvalue weighted by Gasteiger charge is 2.14.